The molecule has 0 unspecified atom stereocenters. The Balaban J connectivity index is 1.09. The molecule has 1 aliphatic rings. The molecule has 2 aromatic heterocycles. The van der Waals surface area contributed by atoms with Crippen molar-refractivity contribution in [2.45, 2.75) is 31.8 Å². The summed E-state index contributed by atoms with van der Waals surface area (Å²) in [6, 6.07) is 22.4. The van der Waals surface area contributed by atoms with Crippen LogP contribution in [0.15, 0.2) is 88.3 Å². The summed E-state index contributed by atoms with van der Waals surface area (Å²) in [7, 11) is 0. The van der Waals surface area contributed by atoms with Crippen molar-refractivity contribution in [2.75, 3.05) is 26.2 Å². The average Bonchev–Trinajstić information content (AvgIpc) is 2.90. The maximum atomic E-state index is 12.1. The third-order valence-corrected chi connectivity index (χ3v) is 6.57. The summed E-state index contributed by atoms with van der Waals surface area (Å²) in [6.45, 7) is 4.72. The zero-order chi connectivity index (χ0) is 23.9. The maximum Gasteiger partial charge on any atom is 0.339 e. The Bertz CT molecular complexity index is 1280. The monoisotopic (exact) mass is 469 g/mol. The fourth-order valence-electron chi connectivity index (χ4n) is 4.67. The van der Waals surface area contributed by atoms with Crippen LogP contribution in [0, 0.1) is 0 Å². The van der Waals surface area contributed by atoms with Crippen molar-refractivity contribution in [3.8, 4) is 16.9 Å². The van der Waals surface area contributed by atoms with Crippen LogP contribution in [-0.2, 0) is 6.54 Å². The highest BCUT2D eigenvalue weighted by molar-refractivity contribution is 5.87. The van der Waals surface area contributed by atoms with Gasteiger partial charge in [-0.1, -0.05) is 36.4 Å². The van der Waals surface area contributed by atoms with Gasteiger partial charge in [0.15, 0.2) is 0 Å². The third kappa shape index (κ3) is 6.15. The molecule has 0 bridgehead atoms. The summed E-state index contributed by atoms with van der Waals surface area (Å²) in [5.74, 6) is 0.576. The molecular weight excluding hydrogens is 438 g/mol. The number of nitrogens with zero attached hydrogens (tertiary/aromatic N) is 2. The standard InChI is InChI=1S/C29H31N3O3/c33-29-20-27(26-8-7-24(19-28(26)35-29)23-9-14-30-15-10-23)34-18-4-13-31-25-11-16-32(17-12-25)21-22-5-2-1-3-6-22/h1-3,5-10,14-15,19-20,25,31H,4,11-13,16-18,21H2. The van der Waals surface area contributed by atoms with Crippen molar-refractivity contribution in [2.24, 2.45) is 0 Å². The van der Waals surface area contributed by atoms with E-state index in [1.165, 1.54) is 11.6 Å². The molecule has 1 N–H and O–H groups in total. The van der Waals surface area contributed by atoms with Crippen LogP contribution in [0.4, 0.5) is 0 Å². The fourth-order valence-corrected chi connectivity index (χ4v) is 4.67. The van der Waals surface area contributed by atoms with Crippen LogP contribution in [0.2, 0.25) is 0 Å². The van der Waals surface area contributed by atoms with Crippen LogP contribution in [0.5, 0.6) is 5.75 Å². The third-order valence-electron chi connectivity index (χ3n) is 6.57. The second-order valence-electron chi connectivity index (χ2n) is 9.07. The molecule has 0 aliphatic carbocycles. The predicted octanol–water partition coefficient (Wildman–Crippen LogP) is 4.88. The molecule has 5 rings (SSSR count). The van der Waals surface area contributed by atoms with E-state index in [2.05, 4.69) is 45.5 Å². The topological polar surface area (TPSA) is 67.6 Å². The smallest absolute Gasteiger partial charge is 0.339 e. The van der Waals surface area contributed by atoms with E-state index in [1.54, 1.807) is 12.4 Å². The van der Waals surface area contributed by atoms with Crippen LogP contribution in [0.25, 0.3) is 22.1 Å². The van der Waals surface area contributed by atoms with Gasteiger partial charge < -0.3 is 14.5 Å². The van der Waals surface area contributed by atoms with Crippen LogP contribution in [0.3, 0.4) is 0 Å². The van der Waals surface area contributed by atoms with Gasteiger partial charge in [-0.3, -0.25) is 9.88 Å². The van der Waals surface area contributed by atoms with E-state index in [1.807, 2.05) is 30.3 Å². The lowest BCUT2D eigenvalue weighted by Crippen LogP contribution is -2.42. The first kappa shape index (κ1) is 23.3. The highest BCUT2D eigenvalue weighted by Crippen LogP contribution is 2.28. The zero-order valence-corrected chi connectivity index (χ0v) is 19.9. The number of rotatable bonds is 9. The van der Waals surface area contributed by atoms with Crippen molar-refractivity contribution in [1.29, 1.82) is 0 Å². The highest BCUT2D eigenvalue weighted by Gasteiger charge is 2.18. The number of fused-ring (bicyclic) bond motifs is 1. The van der Waals surface area contributed by atoms with Crippen molar-refractivity contribution < 1.29 is 9.15 Å². The number of nitrogens with one attached hydrogen (secondary N) is 1. The Hall–Kier alpha value is -3.48. The van der Waals surface area contributed by atoms with Gasteiger partial charge in [0.1, 0.15) is 11.3 Å². The molecule has 0 radical (unpaired) electrons. The van der Waals surface area contributed by atoms with E-state index in [9.17, 15) is 4.79 Å². The first-order chi connectivity index (χ1) is 17.2. The van der Waals surface area contributed by atoms with Gasteiger partial charge >= 0.3 is 5.63 Å². The van der Waals surface area contributed by atoms with E-state index in [0.29, 0.717) is 24.0 Å². The number of piperidine rings is 1. The van der Waals surface area contributed by atoms with Gasteiger partial charge in [0, 0.05) is 25.0 Å². The summed E-state index contributed by atoms with van der Waals surface area (Å²) in [4.78, 5) is 18.7. The van der Waals surface area contributed by atoms with Crippen LogP contribution in [-0.4, -0.2) is 42.2 Å². The second kappa shape index (κ2) is 11.3. The van der Waals surface area contributed by atoms with Crippen molar-refractivity contribution >= 4 is 11.0 Å². The van der Waals surface area contributed by atoms with E-state index in [0.717, 1.165) is 62.0 Å². The number of ether oxygens (including phenoxy) is 1. The summed E-state index contributed by atoms with van der Waals surface area (Å²) < 4.78 is 11.5. The Morgan fingerprint density at radius 2 is 1.77 bits per heavy atom. The summed E-state index contributed by atoms with van der Waals surface area (Å²) in [5, 5.41) is 4.48. The van der Waals surface area contributed by atoms with Gasteiger partial charge in [0.05, 0.1) is 18.1 Å². The van der Waals surface area contributed by atoms with Gasteiger partial charge in [0.2, 0.25) is 0 Å². The molecule has 0 atom stereocenters. The highest BCUT2D eigenvalue weighted by atomic mass is 16.5. The van der Waals surface area contributed by atoms with E-state index in [-0.39, 0.29) is 0 Å². The van der Waals surface area contributed by atoms with Crippen molar-refractivity contribution in [1.82, 2.24) is 15.2 Å². The van der Waals surface area contributed by atoms with E-state index >= 15 is 0 Å². The molecule has 1 aliphatic heterocycles. The summed E-state index contributed by atoms with van der Waals surface area (Å²) >= 11 is 0. The van der Waals surface area contributed by atoms with Crippen molar-refractivity contribution in [3.05, 3.63) is 95.1 Å². The van der Waals surface area contributed by atoms with Gasteiger partial charge in [0.25, 0.3) is 0 Å². The number of hydrogen-bond acceptors (Lipinski definition) is 6. The Morgan fingerprint density at radius 3 is 2.57 bits per heavy atom. The predicted molar refractivity (Wildman–Crippen MR) is 139 cm³/mol. The minimum atomic E-state index is -0.403. The quantitative estimate of drug-likeness (QED) is 0.278. The normalized spacial score (nSPS) is 14.9. The number of hydrogen-bond donors (Lipinski definition) is 1. The van der Waals surface area contributed by atoms with Gasteiger partial charge in [-0.15, -0.1) is 0 Å². The lowest BCUT2D eigenvalue weighted by molar-refractivity contribution is 0.189. The van der Waals surface area contributed by atoms with Crippen molar-refractivity contribution in [3.63, 3.8) is 0 Å². The van der Waals surface area contributed by atoms with Gasteiger partial charge in [-0.2, -0.15) is 0 Å². The largest absolute Gasteiger partial charge is 0.492 e. The molecule has 1 fully saturated rings. The molecule has 180 valence electrons. The number of likely N-dealkylation sites (tertiary alicyclic amines) is 1. The van der Waals surface area contributed by atoms with E-state index < -0.39 is 5.63 Å². The lowest BCUT2D eigenvalue weighted by atomic mass is 10.0. The zero-order valence-electron chi connectivity index (χ0n) is 19.9. The molecule has 0 amide bonds. The molecule has 6 nitrogen and oxygen atoms in total. The number of benzene rings is 2. The molecule has 6 heteroatoms. The van der Waals surface area contributed by atoms with Crippen LogP contribution >= 0.6 is 0 Å². The second-order valence-corrected chi connectivity index (χ2v) is 9.07. The first-order valence-corrected chi connectivity index (χ1v) is 12.4. The Morgan fingerprint density at radius 1 is 0.971 bits per heavy atom. The van der Waals surface area contributed by atoms with Crippen LogP contribution < -0.4 is 15.7 Å². The summed E-state index contributed by atoms with van der Waals surface area (Å²) in [5.41, 5.74) is 3.50. The first-order valence-electron chi connectivity index (χ1n) is 12.4. The molecule has 1 saturated heterocycles. The Labute approximate surface area is 205 Å². The van der Waals surface area contributed by atoms with Crippen LogP contribution in [0.1, 0.15) is 24.8 Å². The minimum absolute atomic E-state index is 0.403. The number of aromatic nitrogens is 1. The van der Waals surface area contributed by atoms with Gasteiger partial charge in [-0.25, -0.2) is 4.79 Å². The maximum absolute atomic E-state index is 12.1. The molecule has 4 aromatic rings. The minimum Gasteiger partial charge on any atom is -0.492 e. The molecule has 35 heavy (non-hydrogen) atoms. The molecule has 0 saturated carbocycles. The fraction of sp³-hybridized carbons (Fsp3) is 0.310. The van der Waals surface area contributed by atoms with Gasteiger partial charge in [-0.05, 0) is 79.9 Å². The number of pyridine rings is 1. The average molecular weight is 470 g/mol. The molecule has 3 heterocycles. The molecule has 0 spiro atoms. The van der Waals surface area contributed by atoms with E-state index in [4.69, 9.17) is 9.15 Å². The lowest BCUT2D eigenvalue weighted by Gasteiger charge is -2.32. The Kier molecular flexibility index (Phi) is 7.51. The molecular formula is C29H31N3O3. The molecule has 2 aromatic carbocycles. The SMILES string of the molecule is O=c1cc(OCCCNC2CCN(Cc3ccccc3)CC2)c2ccc(-c3ccncc3)cc2o1. The summed E-state index contributed by atoms with van der Waals surface area (Å²) in [6.07, 6.45) is 6.70.